The highest BCUT2D eigenvalue weighted by Gasteiger charge is 1.94. The highest BCUT2D eigenvalue weighted by molar-refractivity contribution is 5.74. The molecular weight excluding hydrogens is 116 g/mol. The number of hydrogen-bond donors (Lipinski definition) is 0. The van der Waals surface area contributed by atoms with E-state index in [0.717, 1.165) is 17.4 Å². The molecule has 0 atom stereocenters. The average molecular weight is 128 g/mol. The van der Waals surface area contributed by atoms with E-state index in [0.29, 0.717) is 6.61 Å². The lowest BCUT2D eigenvalue weighted by molar-refractivity contribution is -0.105. The molecule has 0 aliphatic carbocycles. The monoisotopic (exact) mass is 128 g/mol. The van der Waals surface area contributed by atoms with Crippen LogP contribution >= 0.6 is 0 Å². The first-order valence-corrected chi connectivity index (χ1v) is 2.82. The Morgan fingerprint density at radius 3 is 2.22 bits per heavy atom. The minimum absolute atomic E-state index is 0.422. The number of allylic oxidation sites excluding steroid dienone is 1. The summed E-state index contributed by atoms with van der Waals surface area (Å²) in [4.78, 5) is 10.2. The van der Waals surface area contributed by atoms with Gasteiger partial charge in [0.1, 0.15) is 6.29 Å². The average Bonchev–Trinajstić information content (AvgIpc) is 1.82. The molecule has 0 heterocycles. The maximum Gasteiger partial charge on any atom is 0.148 e. The maximum absolute atomic E-state index is 10.2. The van der Waals surface area contributed by atoms with E-state index in [1.165, 1.54) is 0 Å². The molecule has 0 saturated heterocycles. The summed E-state index contributed by atoms with van der Waals surface area (Å²) in [5, 5.41) is 0. The van der Waals surface area contributed by atoms with E-state index in [9.17, 15) is 4.79 Å². The van der Waals surface area contributed by atoms with Crippen LogP contribution in [0.25, 0.3) is 0 Å². The largest absolute Gasteiger partial charge is 0.380 e. The summed E-state index contributed by atoms with van der Waals surface area (Å²) in [5.74, 6) is 0. The van der Waals surface area contributed by atoms with Crippen LogP contribution in [0.1, 0.15) is 13.8 Å². The molecular formula is C7H12O2. The third-order valence-electron chi connectivity index (χ3n) is 1.08. The standard InChI is InChI=1S/C7H12O2/c1-6(2)7(4-8)5-9-3/h4H,5H2,1-3H3. The molecule has 0 unspecified atom stereocenters. The fourth-order valence-electron chi connectivity index (χ4n) is 0.452. The van der Waals surface area contributed by atoms with E-state index in [4.69, 9.17) is 4.74 Å². The molecule has 0 aromatic heterocycles. The lowest BCUT2D eigenvalue weighted by Gasteiger charge is -1.98. The summed E-state index contributed by atoms with van der Waals surface area (Å²) in [7, 11) is 1.58. The summed E-state index contributed by atoms with van der Waals surface area (Å²) in [5.41, 5.74) is 1.75. The van der Waals surface area contributed by atoms with Gasteiger partial charge in [-0.05, 0) is 13.8 Å². The van der Waals surface area contributed by atoms with Crippen LogP contribution in [0.15, 0.2) is 11.1 Å². The molecule has 0 amide bonds. The van der Waals surface area contributed by atoms with Crippen molar-refractivity contribution in [1.29, 1.82) is 0 Å². The second-order valence-electron chi connectivity index (χ2n) is 2.08. The van der Waals surface area contributed by atoms with Gasteiger partial charge in [-0.3, -0.25) is 4.79 Å². The topological polar surface area (TPSA) is 26.3 Å². The molecule has 0 aromatic rings. The molecule has 0 aromatic carbocycles. The van der Waals surface area contributed by atoms with Gasteiger partial charge in [0.15, 0.2) is 0 Å². The molecule has 9 heavy (non-hydrogen) atoms. The van der Waals surface area contributed by atoms with Gasteiger partial charge in [0, 0.05) is 12.7 Å². The quantitative estimate of drug-likeness (QED) is 0.421. The number of rotatable bonds is 3. The summed E-state index contributed by atoms with van der Waals surface area (Å²) < 4.78 is 4.77. The van der Waals surface area contributed by atoms with Gasteiger partial charge in [-0.15, -0.1) is 0 Å². The van der Waals surface area contributed by atoms with E-state index in [1.807, 2.05) is 13.8 Å². The van der Waals surface area contributed by atoms with Crippen molar-refractivity contribution in [3.05, 3.63) is 11.1 Å². The predicted molar refractivity (Wildman–Crippen MR) is 36.3 cm³/mol. The summed E-state index contributed by atoms with van der Waals surface area (Å²) in [6.07, 6.45) is 0.832. The molecule has 0 spiro atoms. The first-order chi connectivity index (χ1) is 4.22. The lowest BCUT2D eigenvalue weighted by Crippen LogP contribution is -1.97. The highest BCUT2D eigenvalue weighted by atomic mass is 16.5. The van der Waals surface area contributed by atoms with Crippen molar-refractivity contribution in [3.8, 4) is 0 Å². The van der Waals surface area contributed by atoms with Crippen molar-refractivity contribution in [2.75, 3.05) is 13.7 Å². The normalized spacial score (nSPS) is 8.78. The summed E-state index contributed by atoms with van der Waals surface area (Å²) in [6, 6.07) is 0. The van der Waals surface area contributed by atoms with Crippen LogP contribution in [0.5, 0.6) is 0 Å². The zero-order valence-corrected chi connectivity index (χ0v) is 6.10. The minimum atomic E-state index is 0.422. The molecule has 2 nitrogen and oxygen atoms in total. The van der Waals surface area contributed by atoms with Crippen LogP contribution < -0.4 is 0 Å². The van der Waals surface area contributed by atoms with Gasteiger partial charge in [0.25, 0.3) is 0 Å². The SMILES string of the molecule is COCC(C=O)=C(C)C. The van der Waals surface area contributed by atoms with Gasteiger partial charge in [0.2, 0.25) is 0 Å². The maximum atomic E-state index is 10.2. The van der Waals surface area contributed by atoms with Gasteiger partial charge in [-0.2, -0.15) is 0 Å². The number of carbonyl (C=O) groups excluding carboxylic acids is 1. The van der Waals surface area contributed by atoms with Gasteiger partial charge in [-0.25, -0.2) is 0 Å². The smallest absolute Gasteiger partial charge is 0.148 e. The summed E-state index contributed by atoms with van der Waals surface area (Å²) in [6.45, 7) is 4.21. The van der Waals surface area contributed by atoms with Gasteiger partial charge in [-0.1, -0.05) is 5.57 Å². The Bertz CT molecular complexity index is 121. The minimum Gasteiger partial charge on any atom is -0.380 e. The molecule has 0 bridgehead atoms. The summed E-state index contributed by atoms with van der Waals surface area (Å²) >= 11 is 0. The van der Waals surface area contributed by atoms with Crippen LogP contribution in [0.2, 0.25) is 0 Å². The Morgan fingerprint density at radius 1 is 1.56 bits per heavy atom. The van der Waals surface area contributed by atoms with Crippen LogP contribution in [-0.2, 0) is 9.53 Å². The fraction of sp³-hybridized carbons (Fsp3) is 0.571. The lowest BCUT2D eigenvalue weighted by atomic mass is 10.2. The molecule has 0 rings (SSSR count). The Balaban J connectivity index is 3.98. The van der Waals surface area contributed by atoms with Gasteiger partial charge < -0.3 is 4.74 Å². The van der Waals surface area contributed by atoms with E-state index < -0.39 is 0 Å². The molecule has 0 aliphatic rings. The van der Waals surface area contributed by atoms with Crippen molar-refractivity contribution in [2.45, 2.75) is 13.8 Å². The van der Waals surface area contributed by atoms with E-state index >= 15 is 0 Å². The van der Waals surface area contributed by atoms with Crippen LogP contribution in [0.3, 0.4) is 0 Å². The fourth-order valence-corrected chi connectivity index (χ4v) is 0.452. The number of carbonyl (C=O) groups is 1. The van der Waals surface area contributed by atoms with Gasteiger partial charge in [0.05, 0.1) is 6.61 Å². The highest BCUT2D eigenvalue weighted by Crippen LogP contribution is 1.98. The second kappa shape index (κ2) is 4.27. The van der Waals surface area contributed by atoms with Crippen molar-refractivity contribution in [3.63, 3.8) is 0 Å². The Kier molecular flexibility index (Phi) is 3.97. The zero-order chi connectivity index (χ0) is 7.28. The number of methoxy groups -OCH3 is 1. The third-order valence-corrected chi connectivity index (χ3v) is 1.08. The first kappa shape index (κ1) is 8.37. The van der Waals surface area contributed by atoms with Crippen LogP contribution in [-0.4, -0.2) is 20.0 Å². The van der Waals surface area contributed by atoms with Crippen molar-refractivity contribution in [1.82, 2.24) is 0 Å². The second-order valence-corrected chi connectivity index (χ2v) is 2.08. The Hall–Kier alpha value is -0.630. The molecule has 0 aliphatic heterocycles. The van der Waals surface area contributed by atoms with Crippen LogP contribution in [0.4, 0.5) is 0 Å². The van der Waals surface area contributed by atoms with E-state index in [2.05, 4.69) is 0 Å². The number of ether oxygens (including phenoxy) is 1. The Labute approximate surface area is 55.5 Å². The van der Waals surface area contributed by atoms with Crippen molar-refractivity contribution in [2.24, 2.45) is 0 Å². The van der Waals surface area contributed by atoms with E-state index in [1.54, 1.807) is 7.11 Å². The van der Waals surface area contributed by atoms with E-state index in [-0.39, 0.29) is 0 Å². The van der Waals surface area contributed by atoms with Crippen molar-refractivity contribution >= 4 is 6.29 Å². The molecule has 0 fully saturated rings. The van der Waals surface area contributed by atoms with Crippen molar-refractivity contribution < 1.29 is 9.53 Å². The zero-order valence-electron chi connectivity index (χ0n) is 6.10. The Morgan fingerprint density at radius 2 is 2.11 bits per heavy atom. The predicted octanol–water partition coefficient (Wildman–Crippen LogP) is 1.17. The molecule has 52 valence electrons. The first-order valence-electron chi connectivity index (χ1n) is 2.82. The molecule has 0 N–H and O–H groups in total. The third kappa shape index (κ3) is 3.03. The molecule has 0 saturated carbocycles. The molecule has 0 radical (unpaired) electrons. The number of hydrogen-bond acceptors (Lipinski definition) is 2. The molecule has 2 heteroatoms. The number of aldehydes is 1. The van der Waals surface area contributed by atoms with Gasteiger partial charge >= 0.3 is 0 Å². The van der Waals surface area contributed by atoms with Crippen LogP contribution in [0, 0.1) is 0 Å².